The Balaban J connectivity index is 1.87. The molecule has 0 unspecified atom stereocenters. The highest BCUT2D eigenvalue weighted by Crippen LogP contribution is 2.30. The summed E-state index contributed by atoms with van der Waals surface area (Å²) in [7, 11) is -2.42. The molecule has 30 heavy (non-hydrogen) atoms. The molecule has 158 valence electrons. The summed E-state index contributed by atoms with van der Waals surface area (Å²) in [6.45, 7) is 3.64. The van der Waals surface area contributed by atoms with Crippen LogP contribution in [0.3, 0.4) is 0 Å². The third kappa shape index (κ3) is 3.61. The average molecular weight is 449 g/mol. The molecule has 3 aromatic rings. The Morgan fingerprint density at radius 1 is 1.17 bits per heavy atom. The van der Waals surface area contributed by atoms with E-state index in [1.165, 1.54) is 30.5 Å². The minimum absolute atomic E-state index is 0.0391. The number of benzene rings is 2. The molecule has 1 atom stereocenters. The van der Waals surface area contributed by atoms with Crippen molar-refractivity contribution in [3.05, 3.63) is 63.7 Å². The van der Waals surface area contributed by atoms with Gasteiger partial charge in [0.1, 0.15) is 10.7 Å². The van der Waals surface area contributed by atoms with Crippen molar-refractivity contribution >= 4 is 38.0 Å². The molecule has 0 bridgehead atoms. The van der Waals surface area contributed by atoms with Gasteiger partial charge >= 0.3 is 0 Å². The first-order chi connectivity index (χ1) is 14.2. The molecule has 1 aromatic heterocycles. The van der Waals surface area contributed by atoms with Crippen molar-refractivity contribution in [3.8, 4) is 0 Å². The monoisotopic (exact) mass is 448 g/mol. The van der Waals surface area contributed by atoms with E-state index in [4.69, 9.17) is 11.6 Å². The Morgan fingerprint density at radius 3 is 2.53 bits per heavy atom. The van der Waals surface area contributed by atoms with E-state index in [1.807, 2.05) is 4.90 Å². The molecule has 0 saturated carbocycles. The van der Waals surface area contributed by atoms with E-state index in [2.05, 4.69) is 6.92 Å². The first-order valence-corrected chi connectivity index (χ1v) is 11.6. The zero-order valence-electron chi connectivity index (χ0n) is 16.7. The number of nitrogens with zero attached hydrogens (tertiary/aromatic N) is 2. The van der Waals surface area contributed by atoms with Crippen molar-refractivity contribution in [1.29, 1.82) is 0 Å². The summed E-state index contributed by atoms with van der Waals surface area (Å²) >= 11 is 5.84. The van der Waals surface area contributed by atoms with Crippen LogP contribution in [0.5, 0.6) is 0 Å². The molecule has 0 N–H and O–H groups in total. The smallest absolute Gasteiger partial charge is 0.211 e. The van der Waals surface area contributed by atoms with Crippen molar-refractivity contribution in [2.75, 3.05) is 18.0 Å². The van der Waals surface area contributed by atoms with Gasteiger partial charge in [-0.05, 0) is 55.2 Å². The Morgan fingerprint density at radius 2 is 1.87 bits per heavy atom. The second-order valence-electron chi connectivity index (χ2n) is 7.90. The van der Waals surface area contributed by atoms with Crippen molar-refractivity contribution < 1.29 is 12.8 Å². The fourth-order valence-corrected chi connectivity index (χ4v) is 5.57. The van der Waals surface area contributed by atoms with Gasteiger partial charge in [0.05, 0.1) is 21.5 Å². The van der Waals surface area contributed by atoms with Gasteiger partial charge in [0, 0.05) is 31.4 Å². The van der Waals surface area contributed by atoms with Crippen LogP contribution in [-0.4, -0.2) is 26.1 Å². The summed E-state index contributed by atoms with van der Waals surface area (Å²) < 4.78 is 42.6. The molecule has 4 rings (SSSR count). The van der Waals surface area contributed by atoms with Crippen LogP contribution in [0.25, 0.3) is 10.9 Å². The van der Waals surface area contributed by atoms with Gasteiger partial charge in [-0.15, -0.1) is 0 Å². The number of anilines is 1. The highest BCUT2D eigenvalue weighted by Gasteiger charge is 2.25. The van der Waals surface area contributed by atoms with Crippen LogP contribution < -0.4 is 10.3 Å². The summed E-state index contributed by atoms with van der Waals surface area (Å²) in [5.74, 6) is -0.0562. The van der Waals surface area contributed by atoms with Crippen LogP contribution in [0.4, 0.5) is 10.1 Å². The Kier molecular flexibility index (Phi) is 5.36. The van der Waals surface area contributed by atoms with Gasteiger partial charge < -0.3 is 9.47 Å². The molecular weight excluding hydrogens is 427 g/mol. The SMILES string of the molecule is C[C@H]1CCCN(c2cc3c(cc2F)c(=O)c(S(=O)(=O)c2ccc(Cl)cc2)cn3C)C1. The second kappa shape index (κ2) is 7.71. The van der Waals surface area contributed by atoms with Crippen LogP contribution in [0, 0.1) is 11.7 Å². The second-order valence-corrected chi connectivity index (χ2v) is 10.3. The number of hydrogen-bond acceptors (Lipinski definition) is 4. The van der Waals surface area contributed by atoms with E-state index in [1.54, 1.807) is 17.7 Å². The number of aryl methyl sites for hydroxylation is 1. The maximum atomic E-state index is 15.0. The van der Waals surface area contributed by atoms with Gasteiger partial charge in [-0.2, -0.15) is 0 Å². The summed E-state index contributed by atoms with van der Waals surface area (Å²) in [5.41, 5.74) is 0.220. The number of aromatic nitrogens is 1. The third-order valence-corrected chi connectivity index (χ3v) is 7.65. The molecule has 1 fully saturated rings. The normalized spacial score (nSPS) is 17.5. The van der Waals surface area contributed by atoms with E-state index in [0.29, 0.717) is 22.1 Å². The lowest BCUT2D eigenvalue weighted by molar-refractivity contribution is 0.442. The molecule has 2 heterocycles. The maximum Gasteiger partial charge on any atom is 0.211 e. The van der Waals surface area contributed by atoms with Gasteiger partial charge in [0.2, 0.25) is 15.3 Å². The standard InChI is InChI=1S/C22H22ClFN2O3S/c1-14-4-3-9-26(12-14)20-11-19-17(10-18(20)24)22(27)21(13-25(19)2)30(28,29)16-7-5-15(23)6-8-16/h5-8,10-11,13-14H,3-4,9,12H2,1-2H3/t14-/m0/s1. The molecule has 2 aromatic carbocycles. The van der Waals surface area contributed by atoms with Gasteiger partial charge in [0.25, 0.3) is 0 Å². The van der Waals surface area contributed by atoms with Crippen LogP contribution in [0.2, 0.25) is 5.02 Å². The third-order valence-electron chi connectivity index (χ3n) is 5.64. The molecule has 1 saturated heterocycles. The lowest BCUT2D eigenvalue weighted by Crippen LogP contribution is -2.35. The number of piperidine rings is 1. The highest BCUT2D eigenvalue weighted by atomic mass is 35.5. The van der Waals surface area contributed by atoms with E-state index < -0.39 is 26.0 Å². The van der Waals surface area contributed by atoms with E-state index >= 15 is 0 Å². The maximum absolute atomic E-state index is 15.0. The molecule has 0 spiro atoms. The Hall–Kier alpha value is -2.38. The van der Waals surface area contributed by atoms with Crippen LogP contribution in [0.1, 0.15) is 19.8 Å². The summed E-state index contributed by atoms with van der Waals surface area (Å²) in [6, 6.07) is 8.40. The molecule has 8 heteroatoms. The van der Waals surface area contributed by atoms with Crippen LogP contribution in [-0.2, 0) is 16.9 Å². The fraction of sp³-hybridized carbons (Fsp3) is 0.318. The Bertz CT molecular complexity index is 1290. The summed E-state index contributed by atoms with van der Waals surface area (Å²) in [4.78, 5) is 14.6. The number of sulfone groups is 1. The van der Waals surface area contributed by atoms with Crippen molar-refractivity contribution in [3.63, 3.8) is 0 Å². The molecule has 5 nitrogen and oxygen atoms in total. The summed E-state index contributed by atoms with van der Waals surface area (Å²) in [5, 5.41) is 0.431. The molecule has 0 amide bonds. The van der Waals surface area contributed by atoms with E-state index in [9.17, 15) is 17.6 Å². The lowest BCUT2D eigenvalue weighted by Gasteiger charge is -2.33. The van der Waals surface area contributed by atoms with Crippen LogP contribution >= 0.6 is 11.6 Å². The Labute approximate surface area is 179 Å². The first-order valence-electron chi connectivity index (χ1n) is 9.77. The zero-order valence-corrected chi connectivity index (χ0v) is 18.3. The number of hydrogen-bond donors (Lipinski definition) is 0. The highest BCUT2D eigenvalue weighted by molar-refractivity contribution is 7.91. The average Bonchev–Trinajstić information content (AvgIpc) is 2.70. The topological polar surface area (TPSA) is 59.4 Å². The van der Waals surface area contributed by atoms with Crippen LogP contribution in [0.15, 0.2) is 57.2 Å². The molecular formula is C22H22ClFN2O3S. The minimum Gasteiger partial charge on any atom is -0.369 e. The minimum atomic E-state index is -4.08. The quantitative estimate of drug-likeness (QED) is 0.595. The number of pyridine rings is 1. The molecule has 1 aliphatic rings. The lowest BCUT2D eigenvalue weighted by atomic mass is 9.99. The number of halogens is 2. The first kappa shape index (κ1) is 20.9. The number of fused-ring (bicyclic) bond motifs is 1. The van der Waals surface area contributed by atoms with Gasteiger partial charge in [-0.25, -0.2) is 12.8 Å². The summed E-state index contributed by atoms with van der Waals surface area (Å²) in [6.07, 6.45) is 3.39. The van der Waals surface area contributed by atoms with Gasteiger partial charge in [-0.3, -0.25) is 4.79 Å². The van der Waals surface area contributed by atoms with Gasteiger partial charge in [-0.1, -0.05) is 18.5 Å². The predicted molar refractivity (Wildman–Crippen MR) is 117 cm³/mol. The van der Waals surface area contributed by atoms with E-state index in [-0.39, 0.29) is 10.3 Å². The predicted octanol–water partition coefficient (Wildman–Crippen LogP) is 4.40. The fourth-order valence-electron chi connectivity index (χ4n) is 4.04. The number of rotatable bonds is 3. The molecule has 0 aliphatic carbocycles. The van der Waals surface area contributed by atoms with Gasteiger partial charge in [0.15, 0.2) is 0 Å². The van der Waals surface area contributed by atoms with Crippen molar-refractivity contribution in [2.45, 2.75) is 29.6 Å². The van der Waals surface area contributed by atoms with E-state index in [0.717, 1.165) is 32.0 Å². The molecule has 0 radical (unpaired) electrons. The molecule has 1 aliphatic heterocycles. The zero-order chi connectivity index (χ0) is 21.6. The van der Waals surface area contributed by atoms with Crippen molar-refractivity contribution in [2.24, 2.45) is 13.0 Å². The largest absolute Gasteiger partial charge is 0.369 e. The van der Waals surface area contributed by atoms with Crippen molar-refractivity contribution in [1.82, 2.24) is 4.57 Å².